The zero-order valence-corrected chi connectivity index (χ0v) is 13.5. The van der Waals surface area contributed by atoms with Gasteiger partial charge in [-0.2, -0.15) is 0 Å². The number of carboxylic acids is 1. The summed E-state index contributed by atoms with van der Waals surface area (Å²) in [4.78, 5) is 22.2. The first-order valence-electron chi connectivity index (χ1n) is 7.03. The summed E-state index contributed by atoms with van der Waals surface area (Å²) >= 11 is 12.0. The molecule has 116 valence electrons. The van der Waals surface area contributed by atoms with Gasteiger partial charge in [0.15, 0.2) is 0 Å². The van der Waals surface area contributed by atoms with Crippen LogP contribution in [0.1, 0.15) is 13.3 Å². The summed E-state index contributed by atoms with van der Waals surface area (Å²) in [5.74, 6) is -0.181. The van der Waals surface area contributed by atoms with Crippen molar-refractivity contribution in [1.82, 2.24) is 9.97 Å². The Balaban J connectivity index is 1.95. The van der Waals surface area contributed by atoms with E-state index < -0.39 is 5.97 Å². The van der Waals surface area contributed by atoms with Crippen LogP contribution in [0, 0.1) is 11.8 Å². The summed E-state index contributed by atoms with van der Waals surface area (Å²) in [5, 5.41) is 10.1. The first kappa shape index (κ1) is 15.3. The number of anilines is 1. The van der Waals surface area contributed by atoms with Gasteiger partial charge < -0.3 is 10.0 Å². The number of nitrogens with zero attached hydrogens (tertiary/aromatic N) is 3. The van der Waals surface area contributed by atoms with Gasteiger partial charge in [-0.3, -0.25) is 9.78 Å². The standard InChI is InChI=1S/C15H15Cl2N3O2/c1-8-2-9(15(21)22)7-20(6-8)14-5-18-12-3-10(16)11(17)4-13(12)19-14/h3-5,8-9H,2,6-7H2,1H3,(H,21,22). The van der Waals surface area contributed by atoms with E-state index in [0.29, 0.717) is 45.8 Å². The number of aliphatic carboxylic acids is 1. The number of carboxylic acid groups (broad SMARTS) is 1. The molecule has 0 saturated carbocycles. The van der Waals surface area contributed by atoms with Gasteiger partial charge in [0.2, 0.25) is 0 Å². The van der Waals surface area contributed by atoms with Gasteiger partial charge in [0.25, 0.3) is 0 Å². The molecule has 22 heavy (non-hydrogen) atoms. The molecule has 1 aliphatic rings. The van der Waals surface area contributed by atoms with Crippen LogP contribution in [-0.4, -0.2) is 34.1 Å². The van der Waals surface area contributed by atoms with Gasteiger partial charge in [-0.1, -0.05) is 30.1 Å². The monoisotopic (exact) mass is 339 g/mol. The summed E-state index contributed by atoms with van der Waals surface area (Å²) in [6.07, 6.45) is 2.35. The summed E-state index contributed by atoms with van der Waals surface area (Å²) < 4.78 is 0. The van der Waals surface area contributed by atoms with Crippen molar-refractivity contribution in [2.24, 2.45) is 11.8 Å². The van der Waals surface area contributed by atoms with Gasteiger partial charge in [0.1, 0.15) is 5.82 Å². The third-order valence-corrected chi connectivity index (χ3v) is 4.63. The second-order valence-corrected chi connectivity index (χ2v) is 6.58. The topological polar surface area (TPSA) is 66.3 Å². The minimum atomic E-state index is -0.764. The number of benzene rings is 1. The summed E-state index contributed by atoms with van der Waals surface area (Å²) in [7, 11) is 0. The van der Waals surface area contributed by atoms with Crippen molar-refractivity contribution in [3.05, 3.63) is 28.4 Å². The average Bonchev–Trinajstić information content (AvgIpc) is 2.47. The Labute approximate surface area is 137 Å². The molecule has 1 fully saturated rings. The molecule has 5 nitrogen and oxygen atoms in total. The highest BCUT2D eigenvalue weighted by Crippen LogP contribution is 2.29. The number of hydrogen-bond donors (Lipinski definition) is 1. The molecule has 1 aromatic carbocycles. The lowest BCUT2D eigenvalue weighted by atomic mass is 9.90. The van der Waals surface area contributed by atoms with Crippen LogP contribution in [0.3, 0.4) is 0 Å². The number of rotatable bonds is 2. The fourth-order valence-electron chi connectivity index (χ4n) is 2.87. The van der Waals surface area contributed by atoms with Gasteiger partial charge in [-0.25, -0.2) is 4.98 Å². The van der Waals surface area contributed by atoms with Gasteiger partial charge >= 0.3 is 5.97 Å². The predicted molar refractivity (Wildman–Crippen MR) is 86.7 cm³/mol. The van der Waals surface area contributed by atoms with E-state index in [9.17, 15) is 9.90 Å². The molecule has 7 heteroatoms. The van der Waals surface area contributed by atoms with E-state index in [1.54, 1.807) is 18.3 Å². The van der Waals surface area contributed by atoms with Crippen LogP contribution in [-0.2, 0) is 4.79 Å². The molecule has 0 amide bonds. The Kier molecular flexibility index (Phi) is 4.10. The Morgan fingerprint density at radius 3 is 2.64 bits per heavy atom. The van der Waals surface area contributed by atoms with Crippen LogP contribution >= 0.6 is 23.2 Å². The lowest BCUT2D eigenvalue weighted by Crippen LogP contribution is -2.43. The van der Waals surface area contributed by atoms with Crippen molar-refractivity contribution in [3.63, 3.8) is 0 Å². The molecular formula is C15H15Cl2N3O2. The lowest BCUT2D eigenvalue weighted by molar-refractivity contribution is -0.142. The quantitative estimate of drug-likeness (QED) is 0.907. The van der Waals surface area contributed by atoms with Crippen molar-refractivity contribution >= 4 is 46.0 Å². The Morgan fingerprint density at radius 1 is 1.27 bits per heavy atom. The van der Waals surface area contributed by atoms with Crippen molar-refractivity contribution in [2.45, 2.75) is 13.3 Å². The molecule has 0 bridgehead atoms. The fourth-order valence-corrected chi connectivity index (χ4v) is 3.18. The summed E-state index contributed by atoms with van der Waals surface area (Å²) in [5.41, 5.74) is 1.31. The van der Waals surface area contributed by atoms with Gasteiger partial charge in [-0.15, -0.1) is 0 Å². The molecule has 1 N–H and O–H groups in total. The lowest BCUT2D eigenvalue weighted by Gasteiger charge is -2.35. The van der Waals surface area contributed by atoms with E-state index in [0.717, 1.165) is 6.54 Å². The predicted octanol–water partition coefficient (Wildman–Crippen LogP) is 3.48. The second-order valence-electron chi connectivity index (χ2n) is 5.76. The summed E-state index contributed by atoms with van der Waals surface area (Å²) in [6, 6.07) is 3.35. The molecule has 2 unspecified atom stereocenters. The first-order valence-corrected chi connectivity index (χ1v) is 7.79. The van der Waals surface area contributed by atoms with Crippen molar-refractivity contribution in [2.75, 3.05) is 18.0 Å². The average molecular weight is 340 g/mol. The maximum atomic E-state index is 11.3. The third-order valence-electron chi connectivity index (χ3n) is 3.90. The van der Waals surface area contributed by atoms with Crippen LogP contribution in [0.5, 0.6) is 0 Å². The molecule has 0 aliphatic carbocycles. The molecule has 1 aromatic heterocycles. The number of carbonyl (C=O) groups is 1. The van der Waals surface area contributed by atoms with E-state index >= 15 is 0 Å². The number of halogens is 2. The van der Waals surface area contributed by atoms with E-state index in [1.165, 1.54) is 0 Å². The molecule has 3 rings (SSSR count). The second kappa shape index (κ2) is 5.89. The molecule has 2 atom stereocenters. The number of piperidine rings is 1. The number of aromatic nitrogens is 2. The largest absolute Gasteiger partial charge is 0.481 e. The smallest absolute Gasteiger partial charge is 0.308 e. The van der Waals surface area contributed by atoms with E-state index in [2.05, 4.69) is 9.97 Å². The zero-order valence-electron chi connectivity index (χ0n) is 12.0. The molecule has 1 aliphatic heterocycles. The van der Waals surface area contributed by atoms with Crippen LogP contribution in [0.15, 0.2) is 18.3 Å². The molecular weight excluding hydrogens is 325 g/mol. The van der Waals surface area contributed by atoms with Crippen molar-refractivity contribution in [3.8, 4) is 0 Å². The third kappa shape index (κ3) is 2.96. The van der Waals surface area contributed by atoms with E-state index in [1.807, 2.05) is 11.8 Å². The fraction of sp³-hybridized carbons (Fsp3) is 0.400. The maximum Gasteiger partial charge on any atom is 0.308 e. The minimum Gasteiger partial charge on any atom is -0.481 e. The van der Waals surface area contributed by atoms with Crippen molar-refractivity contribution < 1.29 is 9.90 Å². The van der Waals surface area contributed by atoms with Crippen LogP contribution in [0.2, 0.25) is 10.0 Å². The highest BCUT2D eigenvalue weighted by atomic mass is 35.5. The van der Waals surface area contributed by atoms with E-state index in [4.69, 9.17) is 23.2 Å². The first-order chi connectivity index (χ1) is 10.4. The molecule has 1 saturated heterocycles. The normalized spacial score (nSPS) is 22.0. The van der Waals surface area contributed by atoms with Crippen LogP contribution in [0.25, 0.3) is 11.0 Å². The molecule has 2 aromatic rings. The number of hydrogen-bond acceptors (Lipinski definition) is 4. The van der Waals surface area contributed by atoms with Gasteiger partial charge in [-0.05, 0) is 24.5 Å². The van der Waals surface area contributed by atoms with Gasteiger partial charge in [0.05, 0.1) is 33.2 Å². The van der Waals surface area contributed by atoms with E-state index in [-0.39, 0.29) is 5.92 Å². The van der Waals surface area contributed by atoms with Crippen LogP contribution < -0.4 is 4.90 Å². The Morgan fingerprint density at radius 2 is 1.95 bits per heavy atom. The highest BCUT2D eigenvalue weighted by Gasteiger charge is 2.30. The maximum absolute atomic E-state index is 11.3. The zero-order chi connectivity index (χ0) is 15.9. The number of fused-ring (bicyclic) bond motifs is 1. The van der Waals surface area contributed by atoms with Gasteiger partial charge in [0, 0.05) is 13.1 Å². The Bertz CT molecular complexity index is 738. The van der Waals surface area contributed by atoms with Crippen LogP contribution in [0.4, 0.5) is 5.82 Å². The van der Waals surface area contributed by atoms with Crippen molar-refractivity contribution in [1.29, 1.82) is 0 Å². The molecule has 0 radical (unpaired) electrons. The molecule has 2 heterocycles. The SMILES string of the molecule is CC1CC(C(=O)O)CN(c2cnc3cc(Cl)c(Cl)cc3n2)C1. The highest BCUT2D eigenvalue weighted by molar-refractivity contribution is 6.42. The minimum absolute atomic E-state index is 0.293. The molecule has 0 spiro atoms. The Hall–Kier alpha value is -1.59. The summed E-state index contributed by atoms with van der Waals surface area (Å²) in [6.45, 7) is 3.26.